The third-order valence-corrected chi connectivity index (χ3v) is 4.51. The van der Waals surface area contributed by atoms with Crippen molar-refractivity contribution in [3.05, 3.63) is 76.5 Å². The summed E-state index contributed by atoms with van der Waals surface area (Å²) < 4.78 is 80.2. The Kier molecular flexibility index (Phi) is 6.51. The second kappa shape index (κ2) is 8.99. The summed E-state index contributed by atoms with van der Waals surface area (Å²) in [5.41, 5.74) is -2.80. The van der Waals surface area contributed by atoms with Crippen LogP contribution in [0.25, 0.3) is 23.0 Å². The van der Waals surface area contributed by atoms with E-state index >= 15 is 0 Å². The van der Waals surface area contributed by atoms with Crippen LogP contribution in [0.3, 0.4) is 0 Å². The van der Waals surface area contributed by atoms with Gasteiger partial charge in [-0.1, -0.05) is 23.7 Å². The molecular formula is C21H11ClF6N4O. The van der Waals surface area contributed by atoms with E-state index in [0.717, 1.165) is 17.0 Å². The zero-order chi connectivity index (χ0) is 24.4. The van der Waals surface area contributed by atoms with Gasteiger partial charge in [-0.05, 0) is 36.4 Å². The molecule has 12 heteroatoms. The maximum Gasteiger partial charge on any atom is 0.416 e. The lowest BCUT2D eigenvalue weighted by Gasteiger charge is -2.14. The lowest BCUT2D eigenvalue weighted by atomic mass is 10.1. The number of alkyl halides is 6. The minimum absolute atomic E-state index is 0.0118. The van der Waals surface area contributed by atoms with E-state index < -0.39 is 35.1 Å². The average Bonchev–Trinajstić information content (AvgIpc) is 3.15. The molecule has 0 fully saturated rings. The van der Waals surface area contributed by atoms with Gasteiger partial charge in [-0.3, -0.25) is 10.1 Å². The Hall–Kier alpha value is -3.78. The standard InChI is InChI=1S/C21H11ClF6N4O/c22-16-3-1-2-12(6-16)19-13(4-5-18(33)30-11-29)10-32(31-19)17-8-14(20(23,24)25)7-15(9-17)21(26,27)28/h1-10H,(H,30,33)/b5-4+. The molecule has 3 aromatic rings. The lowest BCUT2D eigenvalue weighted by Crippen LogP contribution is -2.13. The number of nitriles is 1. The zero-order valence-electron chi connectivity index (χ0n) is 16.2. The number of nitrogens with one attached hydrogen (secondary N) is 1. The van der Waals surface area contributed by atoms with Gasteiger partial charge in [0.1, 0.15) is 5.69 Å². The summed E-state index contributed by atoms with van der Waals surface area (Å²) in [6.45, 7) is 0. The smallest absolute Gasteiger partial charge is 0.269 e. The number of aromatic nitrogens is 2. The first-order valence-electron chi connectivity index (χ1n) is 8.91. The molecule has 0 aliphatic carbocycles. The number of carbonyl (C=O) groups excluding carboxylic acids is 1. The molecule has 0 radical (unpaired) electrons. The Bertz CT molecular complexity index is 1240. The number of rotatable bonds is 4. The SMILES string of the molecule is N#CNC(=O)/C=C/c1cn(-c2cc(C(F)(F)F)cc(C(F)(F)F)c2)nc1-c1cccc(Cl)c1. The van der Waals surface area contributed by atoms with E-state index in [0.29, 0.717) is 22.7 Å². The van der Waals surface area contributed by atoms with Crippen LogP contribution in [-0.4, -0.2) is 15.7 Å². The van der Waals surface area contributed by atoms with Crippen LogP contribution in [0.5, 0.6) is 0 Å². The Morgan fingerprint density at radius 2 is 1.70 bits per heavy atom. The van der Waals surface area contributed by atoms with Crippen molar-refractivity contribution < 1.29 is 31.1 Å². The average molecular weight is 485 g/mol. The first-order valence-corrected chi connectivity index (χ1v) is 9.29. The van der Waals surface area contributed by atoms with Crippen molar-refractivity contribution in [2.75, 3.05) is 0 Å². The van der Waals surface area contributed by atoms with Gasteiger partial charge in [0.25, 0.3) is 5.91 Å². The van der Waals surface area contributed by atoms with E-state index in [9.17, 15) is 31.1 Å². The van der Waals surface area contributed by atoms with E-state index in [4.69, 9.17) is 16.9 Å². The summed E-state index contributed by atoms with van der Waals surface area (Å²) in [7, 11) is 0. The monoisotopic (exact) mass is 484 g/mol. The second-order valence-corrected chi connectivity index (χ2v) is 7.02. The first-order chi connectivity index (χ1) is 15.4. The van der Waals surface area contributed by atoms with Crippen molar-refractivity contribution in [2.45, 2.75) is 12.4 Å². The van der Waals surface area contributed by atoms with Gasteiger partial charge in [-0.25, -0.2) is 4.68 Å². The van der Waals surface area contributed by atoms with Gasteiger partial charge < -0.3 is 0 Å². The molecular weight excluding hydrogens is 474 g/mol. The van der Waals surface area contributed by atoms with Gasteiger partial charge in [0.2, 0.25) is 0 Å². The first kappa shape index (κ1) is 23.9. The highest BCUT2D eigenvalue weighted by Crippen LogP contribution is 2.37. The summed E-state index contributed by atoms with van der Waals surface area (Å²) in [4.78, 5) is 11.6. The number of carbonyl (C=O) groups is 1. The van der Waals surface area contributed by atoms with Crippen molar-refractivity contribution in [1.82, 2.24) is 15.1 Å². The van der Waals surface area contributed by atoms with E-state index in [-0.39, 0.29) is 17.3 Å². The number of hydrogen-bond acceptors (Lipinski definition) is 3. The minimum atomic E-state index is -5.03. The highest BCUT2D eigenvalue weighted by Gasteiger charge is 2.37. The lowest BCUT2D eigenvalue weighted by molar-refractivity contribution is -0.143. The van der Waals surface area contributed by atoms with Gasteiger partial charge in [-0.15, -0.1) is 0 Å². The summed E-state index contributed by atoms with van der Waals surface area (Å²) in [5.74, 6) is -0.791. The van der Waals surface area contributed by atoms with Crippen molar-refractivity contribution in [2.24, 2.45) is 0 Å². The highest BCUT2D eigenvalue weighted by atomic mass is 35.5. The molecule has 0 saturated heterocycles. The van der Waals surface area contributed by atoms with Gasteiger partial charge in [0.15, 0.2) is 6.19 Å². The van der Waals surface area contributed by atoms with Crippen LogP contribution in [0.4, 0.5) is 26.3 Å². The molecule has 1 N–H and O–H groups in total. The molecule has 0 unspecified atom stereocenters. The fourth-order valence-corrected chi connectivity index (χ4v) is 3.02. The summed E-state index contributed by atoms with van der Waals surface area (Å²) in [5, 5.41) is 14.8. The Morgan fingerprint density at radius 3 is 2.24 bits per heavy atom. The molecule has 0 aliphatic rings. The number of nitrogens with zero attached hydrogens (tertiary/aromatic N) is 3. The Balaban J connectivity index is 2.21. The molecule has 3 rings (SSSR count). The molecule has 0 bridgehead atoms. The quantitative estimate of drug-likeness (QED) is 0.219. The summed E-state index contributed by atoms with van der Waals surface area (Å²) in [6, 6.07) is 7.24. The van der Waals surface area contributed by atoms with Crippen LogP contribution < -0.4 is 5.32 Å². The highest BCUT2D eigenvalue weighted by molar-refractivity contribution is 6.30. The number of halogens is 7. The largest absolute Gasteiger partial charge is 0.416 e. The molecule has 0 spiro atoms. The van der Waals surface area contributed by atoms with Gasteiger partial charge >= 0.3 is 12.4 Å². The fourth-order valence-electron chi connectivity index (χ4n) is 2.83. The van der Waals surface area contributed by atoms with Gasteiger partial charge in [-0.2, -0.15) is 36.7 Å². The van der Waals surface area contributed by atoms with Crippen LogP contribution in [0.15, 0.2) is 54.7 Å². The van der Waals surface area contributed by atoms with Crippen molar-refractivity contribution in [3.63, 3.8) is 0 Å². The zero-order valence-corrected chi connectivity index (χ0v) is 16.9. The molecule has 0 atom stereocenters. The van der Waals surface area contributed by atoms with E-state index in [1.54, 1.807) is 18.2 Å². The molecule has 0 saturated carbocycles. The van der Waals surface area contributed by atoms with Gasteiger partial charge in [0.05, 0.1) is 16.8 Å². The van der Waals surface area contributed by atoms with Crippen molar-refractivity contribution in [1.29, 1.82) is 5.26 Å². The van der Waals surface area contributed by atoms with Crippen LogP contribution in [-0.2, 0) is 17.1 Å². The predicted octanol–water partition coefficient (Wildman–Crippen LogP) is 5.84. The molecule has 1 amide bonds. The second-order valence-electron chi connectivity index (χ2n) is 6.59. The number of benzene rings is 2. The molecule has 2 aromatic carbocycles. The van der Waals surface area contributed by atoms with E-state index in [1.807, 2.05) is 5.32 Å². The van der Waals surface area contributed by atoms with Crippen LogP contribution in [0.2, 0.25) is 5.02 Å². The normalized spacial score (nSPS) is 12.1. The minimum Gasteiger partial charge on any atom is -0.269 e. The molecule has 0 aliphatic heterocycles. The van der Waals surface area contributed by atoms with Crippen LogP contribution in [0, 0.1) is 11.5 Å². The molecule has 33 heavy (non-hydrogen) atoms. The van der Waals surface area contributed by atoms with Crippen LogP contribution >= 0.6 is 11.6 Å². The maximum absolute atomic E-state index is 13.2. The van der Waals surface area contributed by atoms with Crippen molar-refractivity contribution >= 4 is 23.6 Å². The van der Waals surface area contributed by atoms with Crippen LogP contribution in [0.1, 0.15) is 16.7 Å². The fraction of sp³-hybridized carbons (Fsp3) is 0.0952. The molecule has 1 heterocycles. The summed E-state index contributed by atoms with van der Waals surface area (Å²) >= 11 is 5.98. The molecule has 170 valence electrons. The molecule has 1 aromatic heterocycles. The Labute approximate surface area is 187 Å². The third kappa shape index (κ3) is 5.72. The van der Waals surface area contributed by atoms with Gasteiger partial charge in [0, 0.05) is 28.4 Å². The van der Waals surface area contributed by atoms with E-state index in [2.05, 4.69) is 5.10 Å². The topological polar surface area (TPSA) is 70.7 Å². The summed E-state index contributed by atoms with van der Waals surface area (Å²) in [6.07, 6.45) is -5.30. The van der Waals surface area contributed by atoms with Crippen molar-refractivity contribution in [3.8, 4) is 23.1 Å². The predicted molar refractivity (Wildman–Crippen MR) is 107 cm³/mol. The molecule has 5 nitrogen and oxygen atoms in total. The third-order valence-electron chi connectivity index (χ3n) is 4.27. The number of amides is 1. The number of hydrogen-bond donors (Lipinski definition) is 1. The van der Waals surface area contributed by atoms with E-state index in [1.165, 1.54) is 18.3 Å². The maximum atomic E-state index is 13.2. The Morgan fingerprint density at radius 1 is 1.06 bits per heavy atom.